The number of hydrogen-bond donors (Lipinski definition) is 1. The van der Waals surface area contributed by atoms with E-state index in [9.17, 15) is 4.79 Å². The molecule has 2 rings (SSSR count). The molecular weight excluding hydrogens is 172 g/mol. The minimum atomic E-state index is -1.14. The Kier molecular flexibility index (Phi) is 1.61. The lowest BCUT2D eigenvalue weighted by Gasteiger charge is -2.34. The molecule has 5 nitrogen and oxygen atoms in total. The molecule has 5 heteroatoms. The zero-order valence-electron chi connectivity index (χ0n) is 7.28. The molecule has 1 heterocycles. The number of carboxylic acid groups (broad SMARTS) is 1. The molecule has 0 aliphatic heterocycles. The van der Waals surface area contributed by atoms with Crippen LogP contribution in [0.2, 0.25) is 0 Å². The summed E-state index contributed by atoms with van der Waals surface area (Å²) < 4.78 is 4.89. The highest BCUT2D eigenvalue weighted by Crippen LogP contribution is 2.42. The van der Waals surface area contributed by atoms with Crippen LogP contribution in [-0.4, -0.2) is 21.2 Å². The molecule has 13 heavy (non-hydrogen) atoms. The summed E-state index contributed by atoms with van der Waals surface area (Å²) in [5.41, 5.74) is -0.0826. The molecule has 1 aromatic rings. The second-order valence-electron chi connectivity index (χ2n) is 3.64. The Morgan fingerprint density at radius 3 is 2.69 bits per heavy atom. The lowest BCUT2D eigenvalue weighted by molar-refractivity contribution is 0.0680. The van der Waals surface area contributed by atoms with Crippen LogP contribution in [0.15, 0.2) is 4.52 Å². The number of rotatable bonds is 2. The fourth-order valence-electron chi connectivity index (χ4n) is 1.48. The molecule has 1 aliphatic rings. The van der Waals surface area contributed by atoms with Crippen molar-refractivity contribution in [2.24, 2.45) is 0 Å². The van der Waals surface area contributed by atoms with Gasteiger partial charge in [0.05, 0.1) is 0 Å². The first kappa shape index (κ1) is 8.22. The predicted octanol–water partition coefficient (Wildman–Crippen LogP) is 1.21. The molecular formula is C8H10N2O3. The van der Waals surface area contributed by atoms with Crippen LogP contribution in [0.25, 0.3) is 0 Å². The predicted molar refractivity (Wildman–Crippen MR) is 42.5 cm³/mol. The molecule has 1 aromatic heterocycles. The van der Waals surface area contributed by atoms with E-state index in [-0.39, 0.29) is 11.2 Å². The van der Waals surface area contributed by atoms with E-state index in [0.29, 0.717) is 5.89 Å². The fraction of sp³-hybridized carbons (Fsp3) is 0.625. The van der Waals surface area contributed by atoms with Crippen LogP contribution in [-0.2, 0) is 5.41 Å². The highest BCUT2D eigenvalue weighted by atomic mass is 16.5. The largest absolute Gasteiger partial charge is 0.475 e. The molecule has 1 aliphatic carbocycles. The van der Waals surface area contributed by atoms with E-state index < -0.39 is 5.97 Å². The zero-order chi connectivity index (χ0) is 9.47. The summed E-state index contributed by atoms with van der Waals surface area (Å²) >= 11 is 0. The molecule has 1 N–H and O–H groups in total. The molecule has 1 saturated carbocycles. The lowest BCUT2D eigenvalue weighted by Crippen LogP contribution is -2.30. The van der Waals surface area contributed by atoms with Gasteiger partial charge in [0.1, 0.15) is 0 Å². The van der Waals surface area contributed by atoms with Crippen LogP contribution in [0, 0.1) is 0 Å². The van der Waals surface area contributed by atoms with Gasteiger partial charge in [-0.2, -0.15) is 4.98 Å². The maximum Gasteiger partial charge on any atom is 0.377 e. The summed E-state index contributed by atoms with van der Waals surface area (Å²) in [5.74, 6) is -0.933. The highest BCUT2D eigenvalue weighted by molar-refractivity contribution is 5.82. The van der Waals surface area contributed by atoms with E-state index in [1.54, 1.807) is 0 Å². The molecule has 0 amide bonds. The van der Waals surface area contributed by atoms with E-state index in [0.717, 1.165) is 19.3 Å². The van der Waals surface area contributed by atoms with Gasteiger partial charge in [0.25, 0.3) is 5.82 Å². The lowest BCUT2D eigenvalue weighted by atomic mass is 9.70. The Morgan fingerprint density at radius 2 is 2.31 bits per heavy atom. The van der Waals surface area contributed by atoms with Gasteiger partial charge in [-0.05, 0) is 18.0 Å². The van der Waals surface area contributed by atoms with E-state index >= 15 is 0 Å². The van der Waals surface area contributed by atoms with Gasteiger partial charge in [-0.3, -0.25) is 0 Å². The van der Waals surface area contributed by atoms with Gasteiger partial charge in [-0.15, -0.1) is 0 Å². The average molecular weight is 182 g/mol. The van der Waals surface area contributed by atoms with Crippen molar-refractivity contribution in [1.82, 2.24) is 10.1 Å². The van der Waals surface area contributed by atoms with Gasteiger partial charge >= 0.3 is 5.97 Å². The van der Waals surface area contributed by atoms with Gasteiger partial charge in [-0.1, -0.05) is 13.3 Å². The van der Waals surface area contributed by atoms with Crippen molar-refractivity contribution in [2.45, 2.75) is 31.6 Å². The zero-order valence-corrected chi connectivity index (χ0v) is 7.28. The number of aromatic carboxylic acids is 1. The quantitative estimate of drug-likeness (QED) is 0.743. The number of nitrogens with zero attached hydrogens (tertiary/aromatic N) is 2. The van der Waals surface area contributed by atoms with Crippen molar-refractivity contribution in [3.8, 4) is 0 Å². The van der Waals surface area contributed by atoms with Gasteiger partial charge in [0.2, 0.25) is 5.89 Å². The minimum absolute atomic E-state index is 0.0826. The van der Waals surface area contributed by atoms with Crippen molar-refractivity contribution in [3.63, 3.8) is 0 Å². The van der Waals surface area contributed by atoms with Crippen LogP contribution in [0.5, 0.6) is 0 Å². The SMILES string of the molecule is CC1(c2nc(C(=O)O)no2)CCC1. The third-order valence-corrected chi connectivity index (χ3v) is 2.59. The summed E-state index contributed by atoms with van der Waals surface area (Å²) in [7, 11) is 0. The topological polar surface area (TPSA) is 76.2 Å². The van der Waals surface area contributed by atoms with Crippen LogP contribution < -0.4 is 0 Å². The summed E-state index contributed by atoms with van der Waals surface area (Å²) in [6.07, 6.45) is 3.13. The van der Waals surface area contributed by atoms with E-state index in [1.807, 2.05) is 6.92 Å². The second-order valence-corrected chi connectivity index (χ2v) is 3.64. The molecule has 0 bridgehead atoms. The van der Waals surface area contributed by atoms with Crippen LogP contribution in [0.4, 0.5) is 0 Å². The summed E-state index contributed by atoms with van der Waals surface area (Å²) in [6, 6.07) is 0. The Hall–Kier alpha value is -1.39. The molecule has 0 saturated heterocycles. The second kappa shape index (κ2) is 2.55. The van der Waals surface area contributed by atoms with Crippen molar-refractivity contribution < 1.29 is 14.4 Å². The van der Waals surface area contributed by atoms with Gasteiger partial charge in [0, 0.05) is 5.41 Å². The minimum Gasteiger partial charge on any atom is -0.475 e. The van der Waals surface area contributed by atoms with Crippen LogP contribution in [0.3, 0.4) is 0 Å². The van der Waals surface area contributed by atoms with Gasteiger partial charge < -0.3 is 9.63 Å². The molecule has 0 aromatic carbocycles. The van der Waals surface area contributed by atoms with Crippen molar-refractivity contribution >= 4 is 5.97 Å². The van der Waals surface area contributed by atoms with Crippen LogP contribution in [0.1, 0.15) is 42.7 Å². The number of hydrogen-bond acceptors (Lipinski definition) is 4. The highest BCUT2D eigenvalue weighted by Gasteiger charge is 2.39. The molecule has 0 radical (unpaired) electrons. The van der Waals surface area contributed by atoms with Crippen molar-refractivity contribution in [2.75, 3.05) is 0 Å². The number of aromatic nitrogens is 2. The Bertz CT molecular complexity index is 341. The maximum absolute atomic E-state index is 10.5. The monoisotopic (exact) mass is 182 g/mol. The van der Waals surface area contributed by atoms with E-state index in [2.05, 4.69) is 10.1 Å². The van der Waals surface area contributed by atoms with Gasteiger partial charge in [-0.25, -0.2) is 4.79 Å². The van der Waals surface area contributed by atoms with Gasteiger partial charge in [0.15, 0.2) is 0 Å². The van der Waals surface area contributed by atoms with E-state index in [1.165, 1.54) is 0 Å². The van der Waals surface area contributed by atoms with Crippen molar-refractivity contribution in [1.29, 1.82) is 0 Å². The molecule has 1 fully saturated rings. The first-order valence-electron chi connectivity index (χ1n) is 4.19. The first-order valence-corrected chi connectivity index (χ1v) is 4.19. The summed E-state index contributed by atoms with van der Waals surface area (Å²) in [4.78, 5) is 14.3. The summed E-state index contributed by atoms with van der Waals surface area (Å²) in [5, 5.41) is 11.9. The third kappa shape index (κ3) is 1.20. The standard InChI is InChI=1S/C8H10N2O3/c1-8(3-2-4-8)7-9-5(6(11)12)10-13-7/h2-4H2,1H3,(H,11,12). The van der Waals surface area contributed by atoms with Crippen LogP contribution >= 0.6 is 0 Å². The Labute approximate surface area is 74.8 Å². The third-order valence-electron chi connectivity index (χ3n) is 2.59. The smallest absolute Gasteiger partial charge is 0.377 e. The molecule has 0 spiro atoms. The average Bonchev–Trinajstić information content (AvgIpc) is 2.48. The molecule has 0 atom stereocenters. The summed E-state index contributed by atoms with van der Waals surface area (Å²) in [6.45, 7) is 2.01. The first-order chi connectivity index (χ1) is 6.12. The molecule has 0 unspecified atom stereocenters. The Morgan fingerprint density at radius 1 is 1.62 bits per heavy atom. The van der Waals surface area contributed by atoms with E-state index in [4.69, 9.17) is 9.63 Å². The maximum atomic E-state index is 10.5. The van der Waals surface area contributed by atoms with Crippen molar-refractivity contribution in [3.05, 3.63) is 11.7 Å². The normalized spacial score (nSPS) is 19.5. The number of carbonyl (C=O) groups is 1. The molecule has 70 valence electrons. The fourth-order valence-corrected chi connectivity index (χ4v) is 1.48. The Balaban J connectivity index is 2.27. The number of carboxylic acids is 1.